The molecule has 4 nitrogen and oxygen atoms in total. The number of hydrogen-bond acceptors (Lipinski definition) is 3. The monoisotopic (exact) mass is 223 g/mol. The molecule has 84 valence electrons. The molecule has 16 heavy (non-hydrogen) atoms. The summed E-state index contributed by atoms with van der Waals surface area (Å²) in [7, 11) is 0. The van der Waals surface area contributed by atoms with Crippen LogP contribution in [0.15, 0.2) is 28.9 Å². The number of carbonyl (C=O) groups is 1. The van der Waals surface area contributed by atoms with E-state index in [1.54, 1.807) is 6.07 Å². The summed E-state index contributed by atoms with van der Waals surface area (Å²) in [6, 6.07) is 4.28. The molecular formula is C11H10FNO3. The molecule has 0 aliphatic rings. The molecular weight excluding hydrogens is 213 g/mol. The first-order valence-corrected chi connectivity index (χ1v) is 4.73. The lowest BCUT2D eigenvalue weighted by molar-refractivity contribution is -0.138. The molecule has 1 aromatic carbocycles. The van der Waals surface area contributed by atoms with E-state index in [1.165, 1.54) is 18.4 Å². The van der Waals surface area contributed by atoms with Crippen molar-refractivity contribution < 1.29 is 18.7 Å². The Bertz CT molecular complexity index is 535. The van der Waals surface area contributed by atoms with Crippen molar-refractivity contribution in [3.8, 4) is 0 Å². The Hall–Kier alpha value is -1.88. The normalized spacial score (nSPS) is 12.9. The Balaban J connectivity index is 2.57. The van der Waals surface area contributed by atoms with E-state index in [1.807, 2.05) is 0 Å². The summed E-state index contributed by atoms with van der Waals surface area (Å²) >= 11 is 0. The van der Waals surface area contributed by atoms with Crippen molar-refractivity contribution in [3.05, 3.63) is 35.8 Å². The average Bonchev–Trinajstić information content (AvgIpc) is 2.65. The molecule has 0 fully saturated rings. The van der Waals surface area contributed by atoms with Gasteiger partial charge in [0.25, 0.3) is 0 Å². The van der Waals surface area contributed by atoms with Gasteiger partial charge in [0.2, 0.25) is 0 Å². The Morgan fingerprint density at radius 1 is 1.56 bits per heavy atom. The minimum Gasteiger partial charge on any atom is -0.481 e. The summed E-state index contributed by atoms with van der Waals surface area (Å²) in [6.45, 7) is -0.143. The lowest BCUT2D eigenvalue weighted by atomic mass is 9.97. The van der Waals surface area contributed by atoms with Crippen LogP contribution in [0.2, 0.25) is 0 Å². The van der Waals surface area contributed by atoms with Crippen molar-refractivity contribution in [1.82, 2.24) is 0 Å². The summed E-state index contributed by atoms with van der Waals surface area (Å²) in [5.74, 6) is -2.77. The highest BCUT2D eigenvalue weighted by Gasteiger charge is 2.22. The van der Waals surface area contributed by atoms with E-state index in [9.17, 15) is 9.18 Å². The van der Waals surface area contributed by atoms with Gasteiger partial charge in [0.05, 0.1) is 12.2 Å². The zero-order chi connectivity index (χ0) is 11.7. The number of nitrogens with two attached hydrogens (primary N) is 1. The van der Waals surface area contributed by atoms with Gasteiger partial charge < -0.3 is 15.3 Å². The molecule has 3 N–H and O–H groups in total. The summed E-state index contributed by atoms with van der Waals surface area (Å²) in [5, 5.41) is 9.57. The quantitative estimate of drug-likeness (QED) is 0.830. The maximum atomic E-state index is 13.6. The van der Waals surface area contributed by atoms with Gasteiger partial charge in [-0.05, 0) is 12.1 Å². The third kappa shape index (κ3) is 1.65. The molecule has 1 unspecified atom stereocenters. The summed E-state index contributed by atoms with van der Waals surface area (Å²) < 4.78 is 18.6. The van der Waals surface area contributed by atoms with Crippen LogP contribution in [0.1, 0.15) is 11.5 Å². The van der Waals surface area contributed by atoms with Crippen molar-refractivity contribution in [2.45, 2.75) is 5.92 Å². The molecule has 1 aromatic heterocycles. The Morgan fingerprint density at radius 2 is 2.31 bits per heavy atom. The smallest absolute Gasteiger partial charge is 0.312 e. The lowest BCUT2D eigenvalue weighted by Crippen LogP contribution is -2.22. The topological polar surface area (TPSA) is 76.5 Å². The number of fused-ring (bicyclic) bond motifs is 1. The third-order valence-corrected chi connectivity index (χ3v) is 2.48. The molecule has 5 heteroatoms. The van der Waals surface area contributed by atoms with Gasteiger partial charge in [-0.15, -0.1) is 0 Å². The molecule has 0 spiro atoms. The van der Waals surface area contributed by atoms with Crippen LogP contribution >= 0.6 is 0 Å². The number of hydrogen-bond donors (Lipinski definition) is 2. The average molecular weight is 223 g/mol. The summed E-state index contributed by atoms with van der Waals surface area (Å²) in [6.07, 6.45) is 1.42. The van der Waals surface area contributed by atoms with Crippen LogP contribution in [0.4, 0.5) is 4.39 Å². The molecule has 0 radical (unpaired) electrons. The van der Waals surface area contributed by atoms with Gasteiger partial charge >= 0.3 is 5.97 Å². The first kappa shape index (κ1) is 10.6. The molecule has 1 atom stereocenters. The summed E-state index contributed by atoms with van der Waals surface area (Å²) in [4.78, 5) is 10.9. The van der Waals surface area contributed by atoms with Gasteiger partial charge in [0.15, 0.2) is 0 Å². The number of aliphatic carboxylic acids is 1. The Morgan fingerprint density at radius 3 is 2.94 bits per heavy atom. The fourth-order valence-corrected chi connectivity index (χ4v) is 1.63. The van der Waals surface area contributed by atoms with Gasteiger partial charge in [0.1, 0.15) is 11.4 Å². The van der Waals surface area contributed by atoms with E-state index in [2.05, 4.69) is 0 Å². The standard InChI is InChI=1S/C11H10FNO3/c12-9-4-10-6(1-2-16-10)3-7(9)8(5-13)11(14)15/h1-4,8H,5,13H2,(H,14,15). The van der Waals surface area contributed by atoms with Crippen molar-refractivity contribution in [2.75, 3.05) is 6.54 Å². The second kappa shape index (κ2) is 3.94. The van der Waals surface area contributed by atoms with Crippen molar-refractivity contribution in [3.63, 3.8) is 0 Å². The van der Waals surface area contributed by atoms with Gasteiger partial charge in [0, 0.05) is 23.6 Å². The van der Waals surface area contributed by atoms with Crippen LogP contribution < -0.4 is 5.73 Å². The van der Waals surface area contributed by atoms with Gasteiger partial charge in [-0.1, -0.05) is 0 Å². The van der Waals surface area contributed by atoms with Crippen LogP contribution in [0.3, 0.4) is 0 Å². The van der Waals surface area contributed by atoms with E-state index in [0.717, 1.165) is 0 Å². The predicted molar refractivity (Wildman–Crippen MR) is 55.6 cm³/mol. The Labute approximate surface area is 90.5 Å². The van der Waals surface area contributed by atoms with Gasteiger partial charge in [-0.25, -0.2) is 4.39 Å². The lowest BCUT2D eigenvalue weighted by Gasteiger charge is -2.10. The predicted octanol–water partition coefficient (Wildman–Crippen LogP) is 1.70. The molecule has 0 aliphatic carbocycles. The van der Waals surface area contributed by atoms with E-state index in [4.69, 9.17) is 15.3 Å². The highest BCUT2D eigenvalue weighted by molar-refractivity contribution is 5.82. The summed E-state index contributed by atoms with van der Waals surface area (Å²) in [5.41, 5.74) is 5.80. The Kier molecular flexibility index (Phi) is 2.62. The number of carboxylic acid groups (broad SMARTS) is 1. The number of carboxylic acids is 1. The molecule has 2 rings (SSSR count). The van der Waals surface area contributed by atoms with E-state index < -0.39 is 17.7 Å². The fourth-order valence-electron chi connectivity index (χ4n) is 1.63. The largest absolute Gasteiger partial charge is 0.481 e. The minimum absolute atomic E-state index is 0.0869. The molecule has 0 amide bonds. The second-order valence-electron chi connectivity index (χ2n) is 3.46. The van der Waals surface area contributed by atoms with Crippen LogP contribution in [0.5, 0.6) is 0 Å². The van der Waals surface area contributed by atoms with Crippen LogP contribution in [-0.2, 0) is 4.79 Å². The fraction of sp³-hybridized carbons (Fsp3) is 0.182. The number of rotatable bonds is 3. The van der Waals surface area contributed by atoms with Crippen molar-refractivity contribution in [1.29, 1.82) is 0 Å². The number of benzene rings is 1. The molecule has 0 aliphatic heterocycles. The maximum Gasteiger partial charge on any atom is 0.312 e. The van der Waals surface area contributed by atoms with Crippen LogP contribution in [0, 0.1) is 5.82 Å². The first-order valence-electron chi connectivity index (χ1n) is 4.73. The maximum absolute atomic E-state index is 13.6. The van der Waals surface area contributed by atoms with E-state index in [-0.39, 0.29) is 12.1 Å². The molecule has 0 bridgehead atoms. The highest BCUT2D eigenvalue weighted by Crippen LogP contribution is 2.25. The van der Waals surface area contributed by atoms with E-state index >= 15 is 0 Å². The number of furan rings is 1. The molecule has 2 aromatic rings. The third-order valence-electron chi connectivity index (χ3n) is 2.48. The van der Waals surface area contributed by atoms with Crippen molar-refractivity contribution in [2.24, 2.45) is 5.73 Å². The molecule has 0 saturated carbocycles. The van der Waals surface area contributed by atoms with Crippen LogP contribution in [0.25, 0.3) is 11.0 Å². The molecule has 0 saturated heterocycles. The second-order valence-corrected chi connectivity index (χ2v) is 3.46. The van der Waals surface area contributed by atoms with Crippen LogP contribution in [-0.4, -0.2) is 17.6 Å². The SMILES string of the molecule is NCC(C(=O)O)c1cc2ccoc2cc1F. The molecule has 1 heterocycles. The van der Waals surface area contributed by atoms with Crippen molar-refractivity contribution >= 4 is 16.9 Å². The zero-order valence-corrected chi connectivity index (χ0v) is 8.31. The first-order chi connectivity index (χ1) is 7.63. The zero-order valence-electron chi connectivity index (χ0n) is 8.31. The van der Waals surface area contributed by atoms with Gasteiger partial charge in [-0.2, -0.15) is 0 Å². The number of halogens is 1. The highest BCUT2D eigenvalue weighted by atomic mass is 19.1. The van der Waals surface area contributed by atoms with Gasteiger partial charge in [-0.3, -0.25) is 4.79 Å². The van der Waals surface area contributed by atoms with E-state index in [0.29, 0.717) is 11.0 Å². The minimum atomic E-state index is -1.13.